The highest BCUT2D eigenvalue weighted by Gasteiger charge is 2.54. The molecule has 0 bridgehead atoms. The number of likely N-dealkylation sites (N-methyl/N-ethyl adjacent to an activating group) is 1. The van der Waals surface area contributed by atoms with Crippen molar-refractivity contribution < 1.29 is 19.4 Å². The lowest BCUT2D eigenvalue weighted by Gasteiger charge is -2.31. The Morgan fingerprint density at radius 3 is 2.30 bits per heavy atom. The van der Waals surface area contributed by atoms with Crippen LogP contribution in [0.25, 0.3) is 0 Å². The molecule has 1 aliphatic carbocycles. The number of carbonyl (C=O) groups excluding carboxylic acids is 1. The van der Waals surface area contributed by atoms with E-state index in [-0.39, 0.29) is 12.2 Å². The molecule has 0 aromatic rings. The van der Waals surface area contributed by atoms with Crippen molar-refractivity contribution in [2.45, 2.75) is 58.0 Å². The zero-order valence-corrected chi connectivity index (χ0v) is 13.5. The number of hydrogen-bond donors (Lipinski definition) is 1. The van der Waals surface area contributed by atoms with Gasteiger partial charge in [0, 0.05) is 12.0 Å². The Bertz CT molecular complexity index is 328. The van der Waals surface area contributed by atoms with Gasteiger partial charge in [-0.05, 0) is 34.4 Å². The van der Waals surface area contributed by atoms with Crippen LogP contribution >= 0.6 is 0 Å². The Morgan fingerprint density at radius 1 is 1.20 bits per heavy atom. The Hall–Kier alpha value is -0.490. The number of aliphatic hydroxyl groups excluding tert-OH is 1. The lowest BCUT2D eigenvalue weighted by Crippen LogP contribution is -2.34. The molecule has 3 unspecified atom stereocenters. The van der Waals surface area contributed by atoms with Gasteiger partial charge in [-0.25, -0.2) is 0 Å². The van der Waals surface area contributed by atoms with Crippen LogP contribution in [0.3, 0.4) is 0 Å². The summed E-state index contributed by atoms with van der Waals surface area (Å²) in [7, 11) is 3.95. The molecule has 5 heteroatoms. The van der Waals surface area contributed by atoms with Crippen LogP contribution < -0.4 is 0 Å². The van der Waals surface area contributed by atoms with Crippen molar-refractivity contribution in [3.05, 3.63) is 0 Å². The molecule has 0 amide bonds. The molecule has 1 fully saturated rings. The Kier molecular flexibility index (Phi) is 5.72. The predicted octanol–water partition coefficient (Wildman–Crippen LogP) is 1.09. The van der Waals surface area contributed by atoms with Gasteiger partial charge in [0.1, 0.15) is 24.6 Å². The van der Waals surface area contributed by atoms with Crippen LogP contribution in [-0.2, 0) is 14.3 Å². The van der Waals surface area contributed by atoms with Crippen LogP contribution in [0.15, 0.2) is 0 Å². The molecule has 0 aromatic carbocycles. The molecule has 3 atom stereocenters. The molecule has 0 radical (unpaired) electrons. The maximum Gasteiger partial charge on any atom is 0.125 e. The minimum absolute atomic E-state index is 0.242. The van der Waals surface area contributed by atoms with E-state index in [0.29, 0.717) is 13.0 Å². The van der Waals surface area contributed by atoms with Gasteiger partial charge in [-0.3, -0.25) is 0 Å². The summed E-state index contributed by atoms with van der Waals surface area (Å²) >= 11 is 0. The fraction of sp³-hybridized carbons (Fsp3) is 0.933. The first-order valence-electron chi connectivity index (χ1n) is 7.16. The van der Waals surface area contributed by atoms with E-state index in [1.807, 2.05) is 46.7 Å². The highest BCUT2D eigenvalue weighted by molar-refractivity contribution is 5.58. The van der Waals surface area contributed by atoms with Crippen LogP contribution in [0.4, 0.5) is 0 Å². The fourth-order valence-electron chi connectivity index (χ4n) is 2.49. The summed E-state index contributed by atoms with van der Waals surface area (Å²) in [5.41, 5.74) is -0.889. The summed E-state index contributed by atoms with van der Waals surface area (Å²) in [5.74, 6) is 0. The minimum atomic E-state index is -0.559. The summed E-state index contributed by atoms with van der Waals surface area (Å²) in [4.78, 5) is 13.0. The van der Waals surface area contributed by atoms with Crippen molar-refractivity contribution in [2.75, 3.05) is 27.2 Å². The van der Waals surface area contributed by atoms with Crippen LogP contribution in [0, 0.1) is 5.41 Å². The van der Waals surface area contributed by atoms with Crippen LogP contribution in [0.5, 0.6) is 0 Å². The van der Waals surface area contributed by atoms with E-state index in [1.54, 1.807) is 0 Å². The molecule has 1 N–H and O–H groups in total. The van der Waals surface area contributed by atoms with Gasteiger partial charge in [0.15, 0.2) is 0 Å². The molecule has 20 heavy (non-hydrogen) atoms. The van der Waals surface area contributed by atoms with Crippen LogP contribution in [-0.4, -0.2) is 67.5 Å². The maximum atomic E-state index is 11.0. The molecule has 5 nitrogen and oxygen atoms in total. The number of aliphatic hydroxyl groups is 1. The quantitative estimate of drug-likeness (QED) is 0.643. The number of aldehydes is 1. The van der Waals surface area contributed by atoms with E-state index < -0.39 is 17.1 Å². The van der Waals surface area contributed by atoms with Crippen molar-refractivity contribution in [3.8, 4) is 0 Å². The summed E-state index contributed by atoms with van der Waals surface area (Å²) in [5, 5.41) is 9.84. The number of carbonyl (C=O) groups is 1. The predicted molar refractivity (Wildman–Crippen MR) is 77.7 cm³/mol. The number of rotatable bonds is 9. The van der Waals surface area contributed by atoms with Gasteiger partial charge < -0.3 is 24.3 Å². The van der Waals surface area contributed by atoms with Crippen LogP contribution in [0.1, 0.15) is 34.1 Å². The zero-order valence-electron chi connectivity index (χ0n) is 13.5. The SMILES string of the molecule is CN(C)CCOC1C(O)C1OC(C)(C)CC(C)(C)C=O. The molecule has 0 heterocycles. The maximum absolute atomic E-state index is 11.0. The highest BCUT2D eigenvalue weighted by atomic mass is 16.6. The van der Waals surface area contributed by atoms with Gasteiger partial charge in [0.2, 0.25) is 0 Å². The molecule has 118 valence electrons. The molecule has 0 spiro atoms. The van der Waals surface area contributed by atoms with E-state index in [9.17, 15) is 9.90 Å². The first kappa shape index (κ1) is 17.6. The third kappa shape index (κ3) is 5.48. The van der Waals surface area contributed by atoms with Crippen molar-refractivity contribution in [3.63, 3.8) is 0 Å². The molecule has 1 saturated carbocycles. The van der Waals surface area contributed by atoms with Gasteiger partial charge in [-0.2, -0.15) is 0 Å². The fourth-order valence-corrected chi connectivity index (χ4v) is 2.49. The Morgan fingerprint density at radius 2 is 1.80 bits per heavy atom. The van der Waals surface area contributed by atoms with Gasteiger partial charge in [0.25, 0.3) is 0 Å². The smallest absolute Gasteiger partial charge is 0.125 e. The Balaban J connectivity index is 2.39. The molecule has 1 rings (SSSR count). The van der Waals surface area contributed by atoms with Gasteiger partial charge in [0.05, 0.1) is 12.2 Å². The number of ether oxygens (including phenoxy) is 2. The van der Waals surface area contributed by atoms with Gasteiger partial charge in [-0.15, -0.1) is 0 Å². The van der Waals surface area contributed by atoms with Crippen molar-refractivity contribution >= 4 is 6.29 Å². The molecule has 0 aromatic heterocycles. The molecule has 0 aliphatic heterocycles. The van der Waals surface area contributed by atoms with E-state index >= 15 is 0 Å². The van der Waals surface area contributed by atoms with E-state index in [0.717, 1.165) is 12.8 Å². The lowest BCUT2D eigenvalue weighted by molar-refractivity contribution is -0.122. The highest BCUT2D eigenvalue weighted by Crippen LogP contribution is 2.37. The molecular formula is C15H29NO4. The Labute approximate surface area is 122 Å². The summed E-state index contributed by atoms with van der Waals surface area (Å²) < 4.78 is 11.5. The normalized spacial score (nSPS) is 26.9. The topological polar surface area (TPSA) is 59.0 Å². The summed E-state index contributed by atoms with van der Waals surface area (Å²) in [6.07, 6.45) is 0.475. The third-order valence-electron chi connectivity index (χ3n) is 3.36. The van der Waals surface area contributed by atoms with Crippen molar-refractivity contribution in [1.29, 1.82) is 0 Å². The standard InChI is InChI=1S/C15H29NO4/c1-14(2,10-17)9-15(3,4)20-13-11(18)12(13)19-8-7-16(5)6/h10-13,18H,7-9H2,1-6H3. The third-order valence-corrected chi connectivity index (χ3v) is 3.36. The second-order valence-electron chi connectivity index (χ2n) is 7.25. The second kappa shape index (κ2) is 6.52. The first-order valence-corrected chi connectivity index (χ1v) is 7.16. The number of hydrogen-bond acceptors (Lipinski definition) is 5. The van der Waals surface area contributed by atoms with Crippen molar-refractivity contribution in [2.24, 2.45) is 5.41 Å². The first-order chi connectivity index (χ1) is 9.08. The number of nitrogens with zero attached hydrogens (tertiary/aromatic N) is 1. The summed E-state index contributed by atoms with van der Waals surface area (Å²) in [6.45, 7) is 9.06. The van der Waals surface area contributed by atoms with Crippen molar-refractivity contribution in [1.82, 2.24) is 4.90 Å². The molecular weight excluding hydrogens is 258 g/mol. The zero-order chi connectivity index (χ0) is 15.6. The van der Waals surface area contributed by atoms with Crippen LogP contribution in [0.2, 0.25) is 0 Å². The van der Waals surface area contributed by atoms with Gasteiger partial charge in [-0.1, -0.05) is 13.8 Å². The average Bonchev–Trinajstić information content (AvgIpc) is 2.86. The van der Waals surface area contributed by atoms with Gasteiger partial charge >= 0.3 is 0 Å². The monoisotopic (exact) mass is 287 g/mol. The molecule has 1 aliphatic rings. The largest absolute Gasteiger partial charge is 0.387 e. The average molecular weight is 287 g/mol. The second-order valence-corrected chi connectivity index (χ2v) is 7.25. The van der Waals surface area contributed by atoms with E-state index in [2.05, 4.69) is 0 Å². The minimum Gasteiger partial charge on any atom is -0.387 e. The lowest BCUT2D eigenvalue weighted by atomic mass is 9.83. The van der Waals surface area contributed by atoms with E-state index in [4.69, 9.17) is 9.47 Å². The molecule has 0 saturated heterocycles. The van der Waals surface area contributed by atoms with E-state index in [1.165, 1.54) is 0 Å². The summed E-state index contributed by atoms with van der Waals surface area (Å²) in [6, 6.07) is 0.